The molecule has 2 heterocycles. The number of nitrogens with zero attached hydrogens (tertiary/aromatic N) is 3. The van der Waals surface area contributed by atoms with E-state index in [9.17, 15) is 0 Å². The van der Waals surface area contributed by atoms with Crippen LogP contribution in [0.2, 0.25) is 10.0 Å². The molecular formula is C24H18Cl2N4O. The summed E-state index contributed by atoms with van der Waals surface area (Å²) in [7, 11) is 0. The van der Waals surface area contributed by atoms with E-state index in [2.05, 4.69) is 21.5 Å². The minimum Gasteiger partial charge on any atom is -0.489 e. The number of hydrogen-bond acceptors (Lipinski definition) is 4. The fraction of sp³-hybridized carbons (Fsp3) is 0.0833. The topological polar surface area (TPSA) is 52.0 Å². The highest BCUT2D eigenvalue weighted by molar-refractivity contribution is 6.42. The van der Waals surface area contributed by atoms with Gasteiger partial charge in [0.1, 0.15) is 24.7 Å². The third-order valence-corrected chi connectivity index (χ3v) is 5.85. The average molecular weight is 449 g/mol. The van der Waals surface area contributed by atoms with E-state index >= 15 is 0 Å². The predicted octanol–water partition coefficient (Wildman–Crippen LogP) is 6.22. The first kappa shape index (κ1) is 19.7. The summed E-state index contributed by atoms with van der Waals surface area (Å²) in [4.78, 5) is 4.34. The molecule has 0 amide bonds. The van der Waals surface area contributed by atoms with Gasteiger partial charge in [0.25, 0.3) is 0 Å². The molecule has 0 unspecified atom stereocenters. The molecule has 1 aromatic heterocycles. The fourth-order valence-corrected chi connectivity index (χ4v) is 3.80. The number of aromatic nitrogens is 3. The second-order valence-corrected chi connectivity index (χ2v) is 7.96. The summed E-state index contributed by atoms with van der Waals surface area (Å²) in [6, 6.07) is 23.6. The number of benzene rings is 3. The summed E-state index contributed by atoms with van der Waals surface area (Å²) in [6.07, 6.45) is 3.64. The van der Waals surface area contributed by atoms with Crippen molar-refractivity contribution in [3.8, 4) is 5.75 Å². The lowest BCUT2D eigenvalue weighted by Crippen LogP contribution is -2.20. The van der Waals surface area contributed by atoms with Gasteiger partial charge in [0.2, 0.25) is 5.95 Å². The van der Waals surface area contributed by atoms with Crippen molar-refractivity contribution in [2.45, 2.75) is 12.6 Å². The number of nitrogens with one attached hydrogen (secondary N) is 1. The SMILES string of the molecule is Clc1ccc(C2=C[C@H](c3ccc(OCc4ccccc4)cc3)n3ncnc3N2)cc1Cl. The van der Waals surface area contributed by atoms with Gasteiger partial charge in [-0.25, -0.2) is 4.68 Å². The van der Waals surface area contributed by atoms with Gasteiger partial charge in [0.05, 0.1) is 10.0 Å². The molecule has 4 aromatic rings. The molecule has 1 aliphatic heterocycles. The summed E-state index contributed by atoms with van der Waals surface area (Å²) in [5.74, 6) is 1.48. The maximum atomic E-state index is 6.22. The van der Waals surface area contributed by atoms with Crippen molar-refractivity contribution in [1.82, 2.24) is 14.8 Å². The standard InChI is InChI=1S/C24H18Cl2N4O/c25-20-11-8-18(12-21(20)26)22-13-23(30-24(29-22)27-15-28-30)17-6-9-19(10-7-17)31-14-16-4-2-1-3-5-16/h1-13,15,23H,14H2,(H,27,28,29)/t23-/m1/s1. The number of allylic oxidation sites excluding steroid dienone is 1. The molecule has 1 atom stereocenters. The second kappa shape index (κ2) is 8.46. The number of hydrogen-bond donors (Lipinski definition) is 1. The zero-order valence-electron chi connectivity index (χ0n) is 16.4. The Hall–Kier alpha value is -3.28. The zero-order valence-corrected chi connectivity index (χ0v) is 17.9. The van der Waals surface area contributed by atoms with Gasteiger partial charge in [0.15, 0.2) is 0 Å². The van der Waals surface area contributed by atoms with E-state index in [1.54, 1.807) is 6.07 Å². The smallest absolute Gasteiger partial charge is 0.226 e. The van der Waals surface area contributed by atoms with Crippen LogP contribution in [0.15, 0.2) is 85.2 Å². The van der Waals surface area contributed by atoms with E-state index in [0.29, 0.717) is 22.6 Å². The van der Waals surface area contributed by atoms with Crippen LogP contribution in [0.25, 0.3) is 5.70 Å². The maximum absolute atomic E-state index is 6.22. The van der Waals surface area contributed by atoms with Crippen molar-refractivity contribution in [3.63, 3.8) is 0 Å². The molecule has 1 aliphatic rings. The van der Waals surface area contributed by atoms with Crippen molar-refractivity contribution in [2.24, 2.45) is 0 Å². The van der Waals surface area contributed by atoms with Crippen molar-refractivity contribution in [2.75, 3.05) is 5.32 Å². The van der Waals surface area contributed by atoms with E-state index < -0.39 is 0 Å². The molecule has 3 aromatic carbocycles. The predicted molar refractivity (Wildman–Crippen MR) is 123 cm³/mol. The van der Waals surface area contributed by atoms with Crippen molar-refractivity contribution >= 4 is 34.8 Å². The molecule has 5 rings (SSSR count). The van der Waals surface area contributed by atoms with Crippen molar-refractivity contribution in [3.05, 3.63) is 112 Å². The van der Waals surface area contributed by atoms with Crippen LogP contribution in [-0.2, 0) is 6.61 Å². The molecule has 7 heteroatoms. The van der Waals surface area contributed by atoms with E-state index in [4.69, 9.17) is 27.9 Å². The molecule has 0 saturated carbocycles. The summed E-state index contributed by atoms with van der Waals surface area (Å²) >= 11 is 12.3. The highest BCUT2D eigenvalue weighted by atomic mass is 35.5. The normalized spacial score (nSPS) is 15.0. The van der Waals surface area contributed by atoms with E-state index in [-0.39, 0.29) is 6.04 Å². The van der Waals surface area contributed by atoms with Crippen LogP contribution in [0.4, 0.5) is 5.95 Å². The molecule has 1 N–H and O–H groups in total. The van der Waals surface area contributed by atoms with E-state index in [0.717, 1.165) is 28.1 Å². The second-order valence-electron chi connectivity index (χ2n) is 7.15. The summed E-state index contributed by atoms with van der Waals surface area (Å²) < 4.78 is 7.76. The lowest BCUT2D eigenvalue weighted by atomic mass is 10.0. The van der Waals surface area contributed by atoms with Gasteiger partial charge < -0.3 is 10.1 Å². The highest BCUT2D eigenvalue weighted by Crippen LogP contribution is 2.34. The zero-order chi connectivity index (χ0) is 21.2. The summed E-state index contributed by atoms with van der Waals surface area (Å²) in [5, 5.41) is 8.73. The Labute approximate surface area is 189 Å². The molecule has 0 spiro atoms. The van der Waals surface area contributed by atoms with Gasteiger partial charge in [-0.3, -0.25) is 0 Å². The van der Waals surface area contributed by atoms with E-state index in [1.807, 2.05) is 71.4 Å². The van der Waals surface area contributed by atoms with Gasteiger partial charge in [-0.05, 0) is 47.0 Å². The Morgan fingerprint density at radius 2 is 1.74 bits per heavy atom. The highest BCUT2D eigenvalue weighted by Gasteiger charge is 2.23. The summed E-state index contributed by atoms with van der Waals surface area (Å²) in [6.45, 7) is 0.530. The Bertz CT molecular complexity index is 1240. The van der Waals surface area contributed by atoms with Gasteiger partial charge in [-0.2, -0.15) is 10.1 Å². The minimum atomic E-state index is -0.119. The number of rotatable bonds is 5. The summed E-state index contributed by atoms with van der Waals surface area (Å²) in [5.41, 5.74) is 4.02. The van der Waals surface area contributed by atoms with Crippen LogP contribution in [0.5, 0.6) is 5.75 Å². The average Bonchev–Trinajstić information content (AvgIpc) is 3.29. The van der Waals surface area contributed by atoms with Crippen molar-refractivity contribution in [1.29, 1.82) is 0 Å². The van der Waals surface area contributed by atoms with Gasteiger partial charge in [-0.1, -0.05) is 71.7 Å². The van der Waals surface area contributed by atoms with Crippen LogP contribution in [0.1, 0.15) is 22.7 Å². The fourth-order valence-electron chi connectivity index (χ4n) is 3.51. The molecule has 0 bridgehead atoms. The molecule has 0 aliphatic carbocycles. The number of halogens is 2. The lowest BCUT2D eigenvalue weighted by Gasteiger charge is -2.24. The Morgan fingerprint density at radius 3 is 2.52 bits per heavy atom. The van der Waals surface area contributed by atoms with Crippen LogP contribution in [0.3, 0.4) is 0 Å². The number of fused-ring (bicyclic) bond motifs is 1. The first-order valence-electron chi connectivity index (χ1n) is 9.78. The molecule has 5 nitrogen and oxygen atoms in total. The van der Waals surface area contributed by atoms with E-state index in [1.165, 1.54) is 6.33 Å². The molecule has 0 saturated heterocycles. The van der Waals surface area contributed by atoms with Crippen LogP contribution >= 0.6 is 23.2 Å². The lowest BCUT2D eigenvalue weighted by molar-refractivity contribution is 0.306. The van der Waals surface area contributed by atoms with Crippen LogP contribution in [-0.4, -0.2) is 14.8 Å². The third kappa shape index (κ3) is 4.15. The molecule has 0 fully saturated rings. The first-order chi connectivity index (χ1) is 15.2. The first-order valence-corrected chi connectivity index (χ1v) is 10.5. The third-order valence-electron chi connectivity index (χ3n) is 5.11. The quantitative estimate of drug-likeness (QED) is 0.393. The van der Waals surface area contributed by atoms with Crippen LogP contribution < -0.4 is 10.1 Å². The Balaban J connectivity index is 1.41. The largest absolute Gasteiger partial charge is 0.489 e. The van der Waals surface area contributed by atoms with Crippen molar-refractivity contribution < 1.29 is 4.74 Å². The van der Waals surface area contributed by atoms with Crippen LogP contribution in [0, 0.1) is 0 Å². The number of ether oxygens (including phenoxy) is 1. The Morgan fingerprint density at radius 1 is 0.935 bits per heavy atom. The Kier molecular flexibility index (Phi) is 5.37. The van der Waals surface area contributed by atoms with Gasteiger partial charge in [0, 0.05) is 5.70 Å². The molecule has 154 valence electrons. The van der Waals surface area contributed by atoms with Gasteiger partial charge >= 0.3 is 0 Å². The molecular weight excluding hydrogens is 431 g/mol. The molecule has 0 radical (unpaired) electrons. The minimum absolute atomic E-state index is 0.119. The monoisotopic (exact) mass is 448 g/mol. The van der Waals surface area contributed by atoms with Gasteiger partial charge in [-0.15, -0.1) is 0 Å². The molecule has 31 heavy (non-hydrogen) atoms. The number of anilines is 1. The maximum Gasteiger partial charge on any atom is 0.226 e.